The molecule has 0 fully saturated rings. The Morgan fingerprint density at radius 2 is 1.62 bits per heavy atom. The van der Waals surface area contributed by atoms with Gasteiger partial charge in [0.2, 0.25) is 0 Å². The smallest absolute Gasteiger partial charge is 0.321 e. The third-order valence-electron chi connectivity index (χ3n) is 4.70. The lowest BCUT2D eigenvalue weighted by atomic mass is 9.99. The molecule has 0 radical (unpaired) electrons. The summed E-state index contributed by atoms with van der Waals surface area (Å²) in [6.45, 7) is 1.88. The number of ketones is 1. The van der Waals surface area contributed by atoms with Crippen LogP contribution in [0.3, 0.4) is 0 Å². The molecular weight excluding hydrogens is 446 g/mol. The maximum Gasteiger partial charge on any atom is 0.418 e. The van der Waals surface area contributed by atoms with Crippen LogP contribution in [0.2, 0.25) is 5.02 Å². The van der Waals surface area contributed by atoms with Gasteiger partial charge in [-0.2, -0.15) is 13.2 Å². The molecule has 3 aromatic rings. The quantitative estimate of drug-likeness (QED) is 0.429. The van der Waals surface area contributed by atoms with Crippen LogP contribution in [0.5, 0.6) is 0 Å². The molecule has 3 aromatic carbocycles. The highest BCUT2D eigenvalue weighted by molar-refractivity contribution is 6.31. The van der Waals surface area contributed by atoms with Crippen molar-refractivity contribution < 1.29 is 27.2 Å². The van der Waals surface area contributed by atoms with Crippen molar-refractivity contribution in [2.75, 3.05) is 5.32 Å². The minimum Gasteiger partial charge on any atom is -0.321 e. The van der Waals surface area contributed by atoms with Crippen LogP contribution in [0, 0.1) is 12.7 Å². The van der Waals surface area contributed by atoms with Gasteiger partial charge in [0.25, 0.3) is 5.91 Å². The number of halogens is 5. The average Bonchev–Trinajstić information content (AvgIpc) is 2.70. The lowest BCUT2D eigenvalue weighted by molar-refractivity contribution is -0.137. The van der Waals surface area contributed by atoms with Crippen LogP contribution in [-0.4, -0.2) is 11.7 Å². The lowest BCUT2D eigenvalue weighted by Gasteiger charge is -2.16. The van der Waals surface area contributed by atoms with E-state index in [1.165, 1.54) is 12.1 Å². The highest BCUT2D eigenvalue weighted by Gasteiger charge is 2.34. The fraction of sp³-hybridized carbons (Fsp3) is 0.167. The second-order valence-corrected chi connectivity index (χ2v) is 7.77. The van der Waals surface area contributed by atoms with Crippen LogP contribution < -0.4 is 5.32 Å². The predicted molar refractivity (Wildman–Crippen MR) is 114 cm³/mol. The van der Waals surface area contributed by atoms with Crippen LogP contribution >= 0.6 is 11.6 Å². The summed E-state index contributed by atoms with van der Waals surface area (Å²) in [6.07, 6.45) is -4.91. The second kappa shape index (κ2) is 9.53. The summed E-state index contributed by atoms with van der Waals surface area (Å²) in [6, 6.07) is 13.7. The van der Waals surface area contributed by atoms with E-state index in [2.05, 4.69) is 5.32 Å². The normalized spacial score (nSPS) is 11.3. The first-order valence-corrected chi connectivity index (χ1v) is 9.94. The Bertz CT molecular complexity index is 1170. The van der Waals surface area contributed by atoms with Gasteiger partial charge in [-0.15, -0.1) is 0 Å². The van der Waals surface area contributed by atoms with Gasteiger partial charge in [-0.3, -0.25) is 9.59 Å². The van der Waals surface area contributed by atoms with E-state index >= 15 is 0 Å². The van der Waals surface area contributed by atoms with E-state index < -0.39 is 34.7 Å². The first-order valence-electron chi connectivity index (χ1n) is 9.56. The van der Waals surface area contributed by atoms with E-state index in [-0.39, 0.29) is 29.2 Å². The van der Waals surface area contributed by atoms with E-state index in [0.717, 1.165) is 35.4 Å². The Kier molecular flexibility index (Phi) is 6.99. The molecule has 0 spiro atoms. The molecule has 0 aromatic heterocycles. The number of carbonyl (C=O) groups is 2. The molecular formula is C24H18ClF4NO2. The summed E-state index contributed by atoms with van der Waals surface area (Å²) in [5.41, 5.74) is -0.250. The van der Waals surface area contributed by atoms with Crippen molar-refractivity contribution in [2.45, 2.75) is 25.9 Å². The molecule has 0 aliphatic rings. The second-order valence-electron chi connectivity index (χ2n) is 7.34. The number of carbonyl (C=O) groups excluding carboxylic acids is 2. The highest BCUT2D eigenvalue weighted by atomic mass is 35.5. The van der Waals surface area contributed by atoms with Gasteiger partial charge in [0.15, 0.2) is 0 Å². The van der Waals surface area contributed by atoms with Crippen LogP contribution in [0.1, 0.15) is 32.6 Å². The minimum absolute atomic E-state index is 0.0649. The number of Topliss-reactive ketones (excluding diaryl/α,β-unsaturated/α-hetero) is 1. The van der Waals surface area contributed by atoms with Crippen molar-refractivity contribution in [1.29, 1.82) is 0 Å². The van der Waals surface area contributed by atoms with E-state index in [1.54, 1.807) is 12.1 Å². The Balaban J connectivity index is 1.82. The molecule has 0 aliphatic carbocycles. The van der Waals surface area contributed by atoms with Gasteiger partial charge in [0.1, 0.15) is 11.6 Å². The van der Waals surface area contributed by atoms with E-state index in [1.807, 2.05) is 19.1 Å². The largest absolute Gasteiger partial charge is 0.418 e. The highest BCUT2D eigenvalue weighted by Crippen LogP contribution is 2.36. The van der Waals surface area contributed by atoms with Crippen LogP contribution in [0.25, 0.3) is 0 Å². The molecule has 32 heavy (non-hydrogen) atoms. The molecule has 0 bridgehead atoms. The topological polar surface area (TPSA) is 46.2 Å². The fourth-order valence-electron chi connectivity index (χ4n) is 3.25. The van der Waals surface area contributed by atoms with E-state index in [9.17, 15) is 27.2 Å². The number of amides is 1. The van der Waals surface area contributed by atoms with Crippen molar-refractivity contribution in [3.8, 4) is 0 Å². The average molecular weight is 464 g/mol. The molecule has 0 heterocycles. The standard InChI is InChI=1S/C24H18ClF4NO2/c1-14-3-2-4-15(9-14)10-18(31)11-16-5-8-22(20(12-16)24(27,28)29)30-23(32)19-13-17(25)6-7-21(19)26/h2-9,12-13H,10-11H2,1H3,(H,30,32). The molecule has 3 rings (SSSR count). The Hall–Kier alpha value is -3.19. The molecule has 166 valence electrons. The van der Waals surface area contributed by atoms with Crippen molar-refractivity contribution in [2.24, 2.45) is 0 Å². The SMILES string of the molecule is Cc1cccc(CC(=O)Cc2ccc(NC(=O)c3cc(Cl)ccc3F)c(C(F)(F)F)c2)c1. The maximum atomic E-state index is 13.9. The zero-order valence-electron chi connectivity index (χ0n) is 16.9. The van der Waals surface area contributed by atoms with Crippen LogP contribution in [-0.2, 0) is 23.8 Å². The van der Waals surface area contributed by atoms with Crippen LogP contribution in [0.4, 0.5) is 23.2 Å². The molecule has 8 heteroatoms. The predicted octanol–water partition coefficient (Wildman–Crippen LogP) is 6.41. The van der Waals surface area contributed by atoms with Gasteiger partial charge >= 0.3 is 6.18 Å². The molecule has 0 saturated heterocycles. The number of anilines is 1. The van der Waals surface area contributed by atoms with Gasteiger partial charge in [0.05, 0.1) is 16.8 Å². The third kappa shape index (κ3) is 5.95. The number of hydrogen-bond acceptors (Lipinski definition) is 2. The van der Waals surface area contributed by atoms with Gasteiger partial charge in [-0.25, -0.2) is 4.39 Å². The summed E-state index contributed by atoms with van der Waals surface area (Å²) in [4.78, 5) is 24.7. The van der Waals surface area contributed by atoms with E-state index in [0.29, 0.717) is 0 Å². The molecule has 0 saturated carbocycles. The van der Waals surface area contributed by atoms with Gasteiger partial charge in [-0.05, 0) is 48.4 Å². The summed E-state index contributed by atoms with van der Waals surface area (Å²) >= 11 is 5.74. The van der Waals surface area contributed by atoms with Crippen molar-refractivity contribution >= 4 is 29.0 Å². The lowest BCUT2D eigenvalue weighted by Crippen LogP contribution is -2.18. The number of alkyl halides is 3. The van der Waals surface area contributed by atoms with Crippen molar-refractivity contribution in [3.63, 3.8) is 0 Å². The van der Waals surface area contributed by atoms with Gasteiger partial charge < -0.3 is 5.32 Å². The first-order chi connectivity index (χ1) is 15.0. The fourth-order valence-corrected chi connectivity index (χ4v) is 3.42. The molecule has 1 amide bonds. The van der Waals surface area contributed by atoms with E-state index in [4.69, 9.17) is 11.6 Å². The summed E-state index contributed by atoms with van der Waals surface area (Å²) < 4.78 is 54.8. The summed E-state index contributed by atoms with van der Waals surface area (Å²) in [5, 5.41) is 2.15. The van der Waals surface area contributed by atoms with Gasteiger partial charge in [0, 0.05) is 17.9 Å². The molecule has 0 unspecified atom stereocenters. The number of benzene rings is 3. The summed E-state index contributed by atoms with van der Waals surface area (Å²) in [7, 11) is 0. The molecule has 1 N–H and O–H groups in total. The number of nitrogens with one attached hydrogen (secondary N) is 1. The number of hydrogen-bond donors (Lipinski definition) is 1. The zero-order valence-corrected chi connectivity index (χ0v) is 17.6. The maximum absolute atomic E-state index is 13.9. The molecule has 3 nitrogen and oxygen atoms in total. The van der Waals surface area contributed by atoms with Gasteiger partial charge in [-0.1, -0.05) is 47.5 Å². The molecule has 0 aliphatic heterocycles. The minimum atomic E-state index is -4.80. The summed E-state index contributed by atoms with van der Waals surface area (Å²) in [5.74, 6) is -2.24. The van der Waals surface area contributed by atoms with Crippen molar-refractivity contribution in [1.82, 2.24) is 0 Å². The molecule has 0 atom stereocenters. The number of rotatable bonds is 6. The zero-order chi connectivity index (χ0) is 23.5. The Morgan fingerprint density at radius 3 is 2.28 bits per heavy atom. The monoisotopic (exact) mass is 463 g/mol. The van der Waals surface area contributed by atoms with Crippen molar-refractivity contribution in [3.05, 3.63) is 99.3 Å². The third-order valence-corrected chi connectivity index (χ3v) is 4.93. The van der Waals surface area contributed by atoms with Crippen LogP contribution in [0.15, 0.2) is 60.7 Å². The number of aryl methyl sites for hydroxylation is 1. The first kappa shape index (κ1) is 23.5. The Morgan fingerprint density at radius 1 is 0.938 bits per heavy atom. The Labute approximate surface area is 187 Å².